The Labute approximate surface area is 181 Å². The van der Waals surface area contributed by atoms with Crippen molar-refractivity contribution in [2.75, 3.05) is 6.61 Å². The lowest BCUT2D eigenvalue weighted by Gasteiger charge is -2.33. The summed E-state index contributed by atoms with van der Waals surface area (Å²) < 4.78 is 25.4. The van der Waals surface area contributed by atoms with Crippen molar-refractivity contribution in [2.24, 2.45) is 5.41 Å². The van der Waals surface area contributed by atoms with Crippen LogP contribution in [0.2, 0.25) is 0 Å². The summed E-state index contributed by atoms with van der Waals surface area (Å²) in [6.45, 7) is 8.10. The van der Waals surface area contributed by atoms with E-state index >= 15 is 0 Å². The molecule has 0 aromatic heterocycles. The molecule has 0 saturated heterocycles. The van der Waals surface area contributed by atoms with Gasteiger partial charge >= 0.3 is 6.03 Å². The largest absolute Gasteiger partial charge is 0.490 e. The maximum atomic E-state index is 13.9. The molecule has 0 aliphatic carbocycles. The quantitative estimate of drug-likeness (QED) is 0.686. The van der Waals surface area contributed by atoms with E-state index < -0.39 is 11.5 Å². The van der Waals surface area contributed by atoms with Gasteiger partial charge in [0.05, 0.1) is 24.3 Å². The van der Waals surface area contributed by atoms with E-state index in [1.54, 1.807) is 36.4 Å². The van der Waals surface area contributed by atoms with Gasteiger partial charge in [0.2, 0.25) is 0 Å². The number of hydrogen-bond donors (Lipinski definition) is 2. The highest BCUT2D eigenvalue weighted by Crippen LogP contribution is 2.37. The van der Waals surface area contributed by atoms with Gasteiger partial charge in [-0.2, -0.15) is 5.26 Å². The number of rotatable bonds is 6. The number of nitrogens with zero attached hydrogens (tertiary/aromatic N) is 1. The Morgan fingerprint density at radius 1 is 1.13 bits per heavy atom. The van der Waals surface area contributed by atoms with Crippen LogP contribution < -0.4 is 20.1 Å². The van der Waals surface area contributed by atoms with Crippen LogP contribution in [0.3, 0.4) is 0 Å². The molecule has 162 valence electrons. The van der Waals surface area contributed by atoms with Gasteiger partial charge in [0.25, 0.3) is 0 Å². The van der Waals surface area contributed by atoms with Crippen molar-refractivity contribution in [3.63, 3.8) is 0 Å². The topological polar surface area (TPSA) is 83.4 Å². The van der Waals surface area contributed by atoms with Crippen molar-refractivity contribution in [1.82, 2.24) is 10.6 Å². The molecule has 0 unspecified atom stereocenters. The number of amides is 2. The highest BCUT2D eigenvalue weighted by atomic mass is 19.1. The van der Waals surface area contributed by atoms with Crippen molar-refractivity contribution in [3.8, 4) is 17.6 Å². The van der Waals surface area contributed by atoms with E-state index in [0.29, 0.717) is 40.5 Å². The van der Waals surface area contributed by atoms with Crippen LogP contribution in [-0.4, -0.2) is 12.6 Å². The Bertz CT molecular complexity index is 1050. The Balaban J connectivity index is 1.95. The van der Waals surface area contributed by atoms with Crippen molar-refractivity contribution >= 4 is 6.03 Å². The van der Waals surface area contributed by atoms with Crippen molar-refractivity contribution in [2.45, 2.75) is 40.3 Å². The number of carbonyl (C=O) groups excluding carboxylic acids is 1. The molecule has 1 aliphatic heterocycles. The van der Waals surface area contributed by atoms with Gasteiger partial charge in [-0.3, -0.25) is 0 Å². The van der Waals surface area contributed by atoms with Crippen LogP contribution in [-0.2, 0) is 6.61 Å². The molecule has 2 aromatic rings. The number of benzene rings is 2. The van der Waals surface area contributed by atoms with E-state index in [1.165, 1.54) is 6.07 Å². The Morgan fingerprint density at radius 3 is 2.52 bits per heavy atom. The lowest BCUT2D eigenvalue weighted by Crippen LogP contribution is -2.46. The third-order valence-corrected chi connectivity index (χ3v) is 4.88. The fraction of sp³-hybridized carbons (Fsp3) is 0.333. The highest BCUT2D eigenvalue weighted by molar-refractivity contribution is 5.80. The van der Waals surface area contributed by atoms with Gasteiger partial charge in [0.1, 0.15) is 12.4 Å². The fourth-order valence-electron chi connectivity index (χ4n) is 3.39. The number of ether oxygens (including phenoxy) is 2. The first-order valence-electron chi connectivity index (χ1n) is 10.1. The van der Waals surface area contributed by atoms with Gasteiger partial charge in [-0.25, -0.2) is 9.18 Å². The number of nitrogens with one attached hydrogen (secondary N) is 2. The number of urea groups is 1. The third kappa shape index (κ3) is 4.97. The molecule has 2 N–H and O–H groups in total. The molecule has 1 atom stereocenters. The molecular weight excluding hydrogens is 397 g/mol. The zero-order chi connectivity index (χ0) is 22.6. The van der Waals surface area contributed by atoms with Gasteiger partial charge < -0.3 is 20.1 Å². The van der Waals surface area contributed by atoms with Crippen LogP contribution in [0.15, 0.2) is 53.7 Å². The van der Waals surface area contributed by atoms with Crippen molar-refractivity contribution in [1.29, 1.82) is 5.26 Å². The van der Waals surface area contributed by atoms with Crippen LogP contribution in [0.5, 0.6) is 11.5 Å². The highest BCUT2D eigenvalue weighted by Gasteiger charge is 2.34. The van der Waals surface area contributed by atoms with E-state index in [0.717, 1.165) is 0 Å². The average Bonchev–Trinajstić information content (AvgIpc) is 2.73. The predicted molar refractivity (Wildman–Crippen MR) is 115 cm³/mol. The van der Waals surface area contributed by atoms with E-state index in [1.807, 2.05) is 27.7 Å². The van der Waals surface area contributed by atoms with E-state index in [2.05, 4.69) is 16.7 Å². The maximum absolute atomic E-state index is 13.9. The number of nitriles is 1. The molecule has 31 heavy (non-hydrogen) atoms. The maximum Gasteiger partial charge on any atom is 0.319 e. The summed E-state index contributed by atoms with van der Waals surface area (Å²) >= 11 is 0. The van der Waals surface area contributed by atoms with Crippen LogP contribution in [0.1, 0.15) is 44.9 Å². The summed E-state index contributed by atoms with van der Waals surface area (Å²) in [5, 5.41) is 15.4. The predicted octanol–water partition coefficient (Wildman–Crippen LogP) is 4.98. The summed E-state index contributed by atoms with van der Waals surface area (Å²) in [5.74, 6) is 0.569. The van der Waals surface area contributed by atoms with Crippen molar-refractivity contribution < 1.29 is 18.7 Å². The minimum absolute atomic E-state index is 0.0493. The Morgan fingerprint density at radius 2 is 1.87 bits per heavy atom. The molecule has 1 heterocycles. The van der Waals surface area contributed by atoms with E-state index in [9.17, 15) is 14.4 Å². The first-order valence-corrected chi connectivity index (χ1v) is 10.1. The second kappa shape index (κ2) is 9.09. The molecule has 0 radical (unpaired) electrons. The second-order valence-electron chi connectivity index (χ2n) is 8.20. The van der Waals surface area contributed by atoms with Crippen LogP contribution in [0, 0.1) is 22.6 Å². The molecule has 0 bridgehead atoms. The van der Waals surface area contributed by atoms with Crippen LogP contribution in [0.4, 0.5) is 9.18 Å². The second-order valence-corrected chi connectivity index (χ2v) is 8.20. The summed E-state index contributed by atoms with van der Waals surface area (Å²) in [7, 11) is 0. The van der Waals surface area contributed by atoms with Gasteiger partial charge in [-0.15, -0.1) is 0 Å². The average molecular weight is 423 g/mol. The first-order chi connectivity index (χ1) is 14.7. The van der Waals surface area contributed by atoms with Gasteiger partial charge in [-0.05, 0) is 30.7 Å². The molecule has 1 aliphatic rings. The standard InChI is InChI=1S/C24H26FN3O3/c1-5-30-20-12-15(10-11-19(20)31-14-16-8-6-7-9-18(16)25)21-17(13-26)22(24(2,3)4)28-23(29)27-21/h6-12,21H,5,14H2,1-4H3,(H2,27,28,29)/t21-/m0/s1. The summed E-state index contributed by atoms with van der Waals surface area (Å²) in [6, 6.07) is 12.9. The Kier molecular flexibility index (Phi) is 6.50. The third-order valence-electron chi connectivity index (χ3n) is 4.88. The van der Waals surface area contributed by atoms with Crippen LogP contribution in [0.25, 0.3) is 0 Å². The summed E-state index contributed by atoms with van der Waals surface area (Å²) in [4.78, 5) is 12.3. The molecule has 2 aromatic carbocycles. The Hall–Kier alpha value is -3.53. The molecule has 6 nitrogen and oxygen atoms in total. The molecule has 3 rings (SSSR count). The number of allylic oxidation sites excluding steroid dienone is 1. The molecule has 0 fully saturated rings. The zero-order valence-corrected chi connectivity index (χ0v) is 18.1. The zero-order valence-electron chi connectivity index (χ0n) is 18.1. The van der Waals surface area contributed by atoms with Crippen molar-refractivity contribution in [3.05, 3.63) is 70.7 Å². The van der Waals surface area contributed by atoms with E-state index in [-0.39, 0.29) is 18.5 Å². The monoisotopic (exact) mass is 423 g/mol. The molecular formula is C24H26FN3O3. The lowest BCUT2D eigenvalue weighted by molar-refractivity contribution is 0.235. The summed E-state index contributed by atoms with van der Waals surface area (Å²) in [5.41, 5.74) is 1.74. The van der Waals surface area contributed by atoms with Gasteiger partial charge in [0.15, 0.2) is 11.5 Å². The fourth-order valence-corrected chi connectivity index (χ4v) is 3.39. The molecule has 7 heteroatoms. The first kappa shape index (κ1) is 22.2. The lowest BCUT2D eigenvalue weighted by atomic mass is 9.84. The SMILES string of the molecule is CCOc1cc([C@@H]2NC(=O)NC(C(C)(C)C)=C2C#N)ccc1OCc1ccccc1F. The minimum atomic E-state index is -0.618. The summed E-state index contributed by atoms with van der Waals surface area (Å²) in [6.07, 6.45) is 0. The molecule has 2 amide bonds. The minimum Gasteiger partial charge on any atom is -0.490 e. The normalized spacial score (nSPS) is 16.3. The molecule has 0 spiro atoms. The van der Waals surface area contributed by atoms with Gasteiger partial charge in [-0.1, -0.05) is 45.0 Å². The van der Waals surface area contributed by atoms with Crippen LogP contribution >= 0.6 is 0 Å². The smallest absolute Gasteiger partial charge is 0.319 e. The molecule has 0 saturated carbocycles. The van der Waals surface area contributed by atoms with E-state index in [4.69, 9.17) is 9.47 Å². The number of halogens is 1. The number of hydrogen-bond acceptors (Lipinski definition) is 4. The van der Waals surface area contributed by atoms with Gasteiger partial charge in [0, 0.05) is 16.7 Å². The number of carbonyl (C=O) groups is 1.